The van der Waals surface area contributed by atoms with Crippen LogP contribution in [0.25, 0.3) is 0 Å². The maximum Gasteiger partial charge on any atom is 0.0992 e. The molecule has 0 bridgehead atoms. The number of nitriles is 1. The van der Waals surface area contributed by atoms with Gasteiger partial charge in [0.25, 0.3) is 0 Å². The van der Waals surface area contributed by atoms with E-state index in [0.717, 1.165) is 30.0 Å². The van der Waals surface area contributed by atoms with Crippen LogP contribution in [0.5, 0.6) is 0 Å². The van der Waals surface area contributed by atoms with Crippen molar-refractivity contribution in [1.82, 2.24) is 5.32 Å². The molecule has 0 radical (unpaired) electrons. The van der Waals surface area contributed by atoms with E-state index >= 15 is 0 Å². The smallest absolute Gasteiger partial charge is 0.0992 e. The number of nitrogens with zero attached hydrogens (tertiary/aromatic N) is 1. The Morgan fingerprint density at radius 3 is 2.89 bits per heavy atom. The quantitative estimate of drug-likeness (QED) is 0.720. The van der Waals surface area contributed by atoms with Crippen molar-refractivity contribution in [2.24, 2.45) is 0 Å². The summed E-state index contributed by atoms with van der Waals surface area (Å²) in [4.78, 5) is 0. The molecule has 98 valence electrons. The Morgan fingerprint density at radius 2 is 2.22 bits per heavy atom. The van der Waals surface area contributed by atoms with Gasteiger partial charge in [-0.2, -0.15) is 17.0 Å². The van der Waals surface area contributed by atoms with Gasteiger partial charge in [-0.25, -0.2) is 0 Å². The highest BCUT2D eigenvalue weighted by Gasteiger charge is 2.01. The van der Waals surface area contributed by atoms with Gasteiger partial charge >= 0.3 is 0 Å². The molecular weight excluding hydrogens is 268 g/mol. The van der Waals surface area contributed by atoms with Gasteiger partial charge in [0.1, 0.15) is 0 Å². The summed E-state index contributed by atoms with van der Waals surface area (Å²) >= 11 is 7.89. The SMILES string of the molecule is N#Cc1ccc(CNCCSCCCO)c(Cl)c1. The summed E-state index contributed by atoms with van der Waals surface area (Å²) in [5.74, 6) is 2.02. The van der Waals surface area contributed by atoms with Gasteiger partial charge in [-0.3, -0.25) is 0 Å². The van der Waals surface area contributed by atoms with Crippen LogP contribution in [0.2, 0.25) is 5.02 Å². The molecular formula is C13H17ClN2OS. The molecule has 2 N–H and O–H groups in total. The van der Waals surface area contributed by atoms with Gasteiger partial charge < -0.3 is 10.4 Å². The third-order valence-electron chi connectivity index (χ3n) is 2.37. The molecule has 1 rings (SSSR count). The number of benzene rings is 1. The molecule has 0 aliphatic carbocycles. The van der Waals surface area contributed by atoms with Crippen LogP contribution >= 0.6 is 23.4 Å². The van der Waals surface area contributed by atoms with Crippen molar-refractivity contribution in [2.45, 2.75) is 13.0 Å². The van der Waals surface area contributed by atoms with E-state index in [2.05, 4.69) is 11.4 Å². The lowest BCUT2D eigenvalue weighted by atomic mass is 10.1. The second-order valence-corrected chi connectivity index (χ2v) is 5.42. The van der Waals surface area contributed by atoms with Gasteiger partial charge in [0, 0.05) is 30.5 Å². The van der Waals surface area contributed by atoms with E-state index in [1.807, 2.05) is 17.8 Å². The fourth-order valence-electron chi connectivity index (χ4n) is 1.40. The van der Waals surface area contributed by atoms with E-state index < -0.39 is 0 Å². The summed E-state index contributed by atoms with van der Waals surface area (Å²) < 4.78 is 0. The van der Waals surface area contributed by atoms with E-state index in [-0.39, 0.29) is 6.61 Å². The molecule has 5 heteroatoms. The van der Waals surface area contributed by atoms with E-state index in [9.17, 15) is 0 Å². The second kappa shape index (κ2) is 9.23. The van der Waals surface area contributed by atoms with E-state index in [4.69, 9.17) is 22.0 Å². The van der Waals surface area contributed by atoms with Gasteiger partial charge in [-0.1, -0.05) is 17.7 Å². The fraction of sp³-hybridized carbons (Fsp3) is 0.462. The molecule has 3 nitrogen and oxygen atoms in total. The number of nitrogens with one attached hydrogen (secondary N) is 1. The Balaban J connectivity index is 2.21. The number of aliphatic hydroxyl groups excluding tert-OH is 1. The second-order valence-electron chi connectivity index (χ2n) is 3.78. The highest BCUT2D eigenvalue weighted by Crippen LogP contribution is 2.17. The van der Waals surface area contributed by atoms with Crippen molar-refractivity contribution < 1.29 is 5.11 Å². The highest BCUT2D eigenvalue weighted by molar-refractivity contribution is 7.99. The summed E-state index contributed by atoms with van der Waals surface area (Å²) in [6.07, 6.45) is 0.853. The Bertz CT molecular complexity index is 406. The molecule has 0 heterocycles. The molecule has 0 aliphatic heterocycles. The van der Waals surface area contributed by atoms with Crippen molar-refractivity contribution in [3.05, 3.63) is 34.3 Å². The Labute approximate surface area is 117 Å². The summed E-state index contributed by atoms with van der Waals surface area (Å²) in [6, 6.07) is 7.41. The third-order valence-corrected chi connectivity index (χ3v) is 3.79. The van der Waals surface area contributed by atoms with Crippen LogP contribution in [0.4, 0.5) is 0 Å². The minimum Gasteiger partial charge on any atom is -0.396 e. The fourth-order valence-corrected chi connectivity index (χ4v) is 2.47. The summed E-state index contributed by atoms with van der Waals surface area (Å²) in [5.41, 5.74) is 1.60. The first kappa shape index (κ1) is 15.3. The predicted octanol–water partition coefficient (Wildman–Crippen LogP) is 2.42. The average Bonchev–Trinajstić information content (AvgIpc) is 2.39. The minimum atomic E-state index is 0.265. The van der Waals surface area contributed by atoms with Gasteiger partial charge in [0.05, 0.1) is 11.6 Å². The van der Waals surface area contributed by atoms with Crippen molar-refractivity contribution in [3.63, 3.8) is 0 Å². The molecule has 0 saturated carbocycles. The molecule has 18 heavy (non-hydrogen) atoms. The molecule has 0 saturated heterocycles. The molecule has 1 aromatic rings. The maximum atomic E-state index is 8.73. The van der Waals surface area contributed by atoms with E-state index in [1.54, 1.807) is 12.1 Å². The minimum absolute atomic E-state index is 0.265. The van der Waals surface area contributed by atoms with Crippen molar-refractivity contribution in [1.29, 1.82) is 5.26 Å². The lowest BCUT2D eigenvalue weighted by Crippen LogP contribution is -2.17. The molecule has 0 aromatic heterocycles. The van der Waals surface area contributed by atoms with Crippen LogP contribution in [0.1, 0.15) is 17.5 Å². The third kappa shape index (κ3) is 5.74. The monoisotopic (exact) mass is 284 g/mol. The standard InChI is InChI=1S/C13H17ClN2OS/c14-13-8-11(9-15)2-3-12(13)10-16-4-7-18-6-1-5-17/h2-3,8,16-17H,1,4-7,10H2. The molecule has 0 spiro atoms. The summed E-state index contributed by atoms with van der Waals surface area (Å²) in [6.45, 7) is 1.89. The zero-order valence-corrected chi connectivity index (χ0v) is 11.7. The number of rotatable bonds is 8. The number of hydrogen-bond donors (Lipinski definition) is 2. The van der Waals surface area contributed by atoms with Gasteiger partial charge in [-0.15, -0.1) is 0 Å². The normalized spacial score (nSPS) is 10.3. The number of halogens is 1. The lowest BCUT2D eigenvalue weighted by Gasteiger charge is -2.06. The molecule has 0 amide bonds. The Kier molecular flexibility index (Phi) is 7.86. The first-order valence-electron chi connectivity index (χ1n) is 5.85. The highest BCUT2D eigenvalue weighted by atomic mass is 35.5. The van der Waals surface area contributed by atoms with Gasteiger partial charge in [0.15, 0.2) is 0 Å². The predicted molar refractivity (Wildman–Crippen MR) is 76.9 cm³/mol. The van der Waals surface area contributed by atoms with Crippen molar-refractivity contribution in [2.75, 3.05) is 24.7 Å². The van der Waals surface area contributed by atoms with Crippen LogP contribution in [0.15, 0.2) is 18.2 Å². The Morgan fingerprint density at radius 1 is 1.39 bits per heavy atom. The topological polar surface area (TPSA) is 56.0 Å². The van der Waals surface area contributed by atoms with Crippen LogP contribution in [0, 0.1) is 11.3 Å². The Hall–Kier alpha value is -0.730. The van der Waals surface area contributed by atoms with E-state index in [1.165, 1.54) is 0 Å². The zero-order valence-electron chi connectivity index (χ0n) is 10.2. The van der Waals surface area contributed by atoms with Crippen LogP contribution in [-0.2, 0) is 6.54 Å². The van der Waals surface area contributed by atoms with Crippen molar-refractivity contribution in [3.8, 4) is 6.07 Å². The summed E-state index contributed by atoms with van der Waals surface area (Å²) in [5, 5.41) is 21.3. The molecule has 0 fully saturated rings. The number of thioether (sulfide) groups is 1. The molecule has 0 unspecified atom stereocenters. The average molecular weight is 285 g/mol. The first-order valence-corrected chi connectivity index (χ1v) is 7.39. The lowest BCUT2D eigenvalue weighted by molar-refractivity contribution is 0.296. The van der Waals surface area contributed by atoms with Gasteiger partial charge in [0.2, 0.25) is 0 Å². The first-order chi connectivity index (χ1) is 8.77. The van der Waals surface area contributed by atoms with E-state index in [0.29, 0.717) is 17.1 Å². The molecule has 0 atom stereocenters. The van der Waals surface area contributed by atoms with Gasteiger partial charge in [-0.05, 0) is 29.9 Å². The van der Waals surface area contributed by atoms with Crippen LogP contribution in [0.3, 0.4) is 0 Å². The zero-order chi connectivity index (χ0) is 13.2. The summed E-state index contributed by atoms with van der Waals surface area (Å²) in [7, 11) is 0. The van der Waals surface area contributed by atoms with Crippen molar-refractivity contribution >= 4 is 23.4 Å². The largest absolute Gasteiger partial charge is 0.396 e. The number of aliphatic hydroxyl groups is 1. The molecule has 0 aliphatic rings. The van der Waals surface area contributed by atoms with Crippen LogP contribution in [-0.4, -0.2) is 29.8 Å². The molecule has 1 aromatic carbocycles. The number of hydrogen-bond acceptors (Lipinski definition) is 4. The maximum absolute atomic E-state index is 8.73. The van der Waals surface area contributed by atoms with Crippen LogP contribution < -0.4 is 5.32 Å².